The van der Waals surface area contributed by atoms with Crippen LogP contribution in [0.2, 0.25) is 0 Å². The number of nitrogens with zero attached hydrogens (tertiary/aromatic N) is 3. The van der Waals surface area contributed by atoms with E-state index in [1.807, 2.05) is 37.4 Å². The third-order valence-electron chi connectivity index (χ3n) is 5.37. The molecule has 3 rings (SSSR count). The number of rotatable bonds is 7. The predicted molar refractivity (Wildman–Crippen MR) is 117 cm³/mol. The molecule has 1 saturated heterocycles. The van der Waals surface area contributed by atoms with Gasteiger partial charge in [0.05, 0.1) is 26.4 Å². The second-order valence-corrected chi connectivity index (χ2v) is 7.31. The lowest BCUT2D eigenvalue weighted by Gasteiger charge is -2.35. The maximum atomic E-state index is 13.5. The van der Waals surface area contributed by atoms with E-state index in [-0.39, 0.29) is 11.9 Å². The zero-order valence-corrected chi connectivity index (χ0v) is 18.0. The second kappa shape index (κ2) is 10.9. The standard InChI is InChI=1S/C23H31FN4O2/c1-25-23(27(2)17-19-6-4-5-7-22(19)29-3)26-16-21(28-12-14-30-15-13-28)18-8-10-20(24)11-9-18/h4-11,21H,12-17H2,1-3H3,(H,25,26). The predicted octanol–water partition coefficient (Wildman–Crippen LogP) is 2.92. The Morgan fingerprint density at radius 1 is 1.20 bits per heavy atom. The largest absolute Gasteiger partial charge is 0.496 e. The summed E-state index contributed by atoms with van der Waals surface area (Å²) in [5, 5.41) is 3.50. The molecule has 1 unspecified atom stereocenters. The molecule has 1 aliphatic rings. The van der Waals surface area contributed by atoms with Crippen LogP contribution in [0.5, 0.6) is 5.75 Å². The van der Waals surface area contributed by atoms with Crippen LogP contribution >= 0.6 is 0 Å². The molecule has 1 fully saturated rings. The van der Waals surface area contributed by atoms with Crippen molar-refractivity contribution >= 4 is 5.96 Å². The average molecular weight is 415 g/mol. The van der Waals surface area contributed by atoms with E-state index < -0.39 is 0 Å². The van der Waals surface area contributed by atoms with Crippen LogP contribution in [0.4, 0.5) is 4.39 Å². The lowest BCUT2D eigenvalue weighted by atomic mass is 10.0. The van der Waals surface area contributed by atoms with Gasteiger partial charge in [0.15, 0.2) is 5.96 Å². The summed E-state index contributed by atoms with van der Waals surface area (Å²) in [7, 11) is 5.47. The Balaban J connectivity index is 1.69. The van der Waals surface area contributed by atoms with Gasteiger partial charge in [0, 0.05) is 45.8 Å². The average Bonchev–Trinajstić information content (AvgIpc) is 2.78. The molecular weight excluding hydrogens is 383 g/mol. The first-order chi connectivity index (χ1) is 14.6. The van der Waals surface area contributed by atoms with Gasteiger partial charge in [-0.25, -0.2) is 4.39 Å². The summed E-state index contributed by atoms with van der Waals surface area (Å²) in [6, 6.07) is 14.8. The number of morpholine rings is 1. The number of guanidine groups is 1. The number of methoxy groups -OCH3 is 1. The molecular formula is C23H31FN4O2. The van der Waals surface area contributed by atoms with Crippen LogP contribution in [0.3, 0.4) is 0 Å². The number of hydrogen-bond acceptors (Lipinski definition) is 4. The quantitative estimate of drug-likeness (QED) is 0.558. The van der Waals surface area contributed by atoms with Gasteiger partial charge < -0.3 is 19.7 Å². The molecule has 1 N–H and O–H groups in total. The SMILES string of the molecule is CN=C(NCC(c1ccc(F)cc1)N1CCOCC1)N(C)Cc1ccccc1OC. The number of aliphatic imine (C=N–C) groups is 1. The fourth-order valence-electron chi connectivity index (χ4n) is 3.77. The third-order valence-corrected chi connectivity index (χ3v) is 5.37. The molecule has 0 saturated carbocycles. The molecule has 0 spiro atoms. The van der Waals surface area contributed by atoms with Gasteiger partial charge >= 0.3 is 0 Å². The Labute approximate surface area is 178 Å². The van der Waals surface area contributed by atoms with Crippen molar-refractivity contribution in [2.24, 2.45) is 4.99 Å². The van der Waals surface area contributed by atoms with Gasteiger partial charge in [-0.1, -0.05) is 30.3 Å². The number of benzene rings is 2. The fourth-order valence-corrected chi connectivity index (χ4v) is 3.77. The minimum absolute atomic E-state index is 0.103. The molecule has 2 aromatic carbocycles. The number of para-hydroxylation sites is 1. The highest BCUT2D eigenvalue weighted by atomic mass is 19.1. The van der Waals surface area contributed by atoms with Crippen LogP contribution in [0.15, 0.2) is 53.5 Å². The Morgan fingerprint density at radius 3 is 2.57 bits per heavy atom. The molecule has 6 nitrogen and oxygen atoms in total. The second-order valence-electron chi connectivity index (χ2n) is 7.31. The van der Waals surface area contributed by atoms with Gasteiger partial charge in [-0.05, 0) is 23.8 Å². The van der Waals surface area contributed by atoms with Gasteiger partial charge in [0.25, 0.3) is 0 Å². The van der Waals surface area contributed by atoms with Crippen LogP contribution in [0, 0.1) is 5.82 Å². The van der Waals surface area contributed by atoms with Crippen LogP contribution < -0.4 is 10.1 Å². The lowest BCUT2D eigenvalue weighted by Crippen LogP contribution is -2.46. The number of ether oxygens (including phenoxy) is 2. The first-order valence-electron chi connectivity index (χ1n) is 10.2. The number of halogens is 1. The summed E-state index contributed by atoms with van der Waals surface area (Å²) >= 11 is 0. The van der Waals surface area contributed by atoms with Crippen molar-refractivity contribution in [1.29, 1.82) is 0 Å². The van der Waals surface area contributed by atoms with E-state index in [0.29, 0.717) is 26.3 Å². The Bertz CT molecular complexity index is 822. The molecule has 0 aliphatic carbocycles. The highest BCUT2D eigenvalue weighted by Crippen LogP contribution is 2.22. The van der Waals surface area contributed by atoms with Crippen molar-refractivity contribution in [3.63, 3.8) is 0 Å². The minimum Gasteiger partial charge on any atom is -0.496 e. The molecule has 0 radical (unpaired) electrons. The Morgan fingerprint density at radius 2 is 1.90 bits per heavy atom. The van der Waals surface area contributed by atoms with Crippen LogP contribution in [-0.2, 0) is 11.3 Å². The monoisotopic (exact) mass is 414 g/mol. The highest BCUT2D eigenvalue weighted by Gasteiger charge is 2.23. The molecule has 1 aliphatic heterocycles. The van der Waals surface area contributed by atoms with Gasteiger partial charge in [-0.15, -0.1) is 0 Å². The molecule has 30 heavy (non-hydrogen) atoms. The smallest absolute Gasteiger partial charge is 0.193 e. The third kappa shape index (κ3) is 5.70. The first kappa shape index (κ1) is 22.1. The van der Waals surface area contributed by atoms with Gasteiger partial charge in [-0.3, -0.25) is 9.89 Å². The van der Waals surface area contributed by atoms with E-state index in [9.17, 15) is 4.39 Å². The lowest BCUT2D eigenvalue weighted by molar-refractivity contribution is 0.0169. The Hall–Kier alpha value is -2.64. The van der Waals surface area contributed by atoms with Gasteiger partial charge in [0.1, 0.15) is 11.6 Å². The molecule has 0 aromatic heterocycles. The normalized spacial score (nSPS) is 16.2. The molecule has 1 atom stereocenters. The molecule has 0 amide bonds. The maximum absolute atomic E-state index is 13.5. The van der Waals surface area contributed by atoms with Crippen molar-refractivity contribution in [3.8, 4) is 5.75 Å². The van der Waals surface area contributed by atoms with Gasteiger partial charge in [-0.2, -0.15) is 0 Å². The Kier molecular flexibility index (Phi) is 8.04. The molecule has 162 valence electrons. The van der Waals surface area contributed by atoms with Crippen LogP contribution in [-0.4, -0.2) is 69.8 Å². The first-order valence-corrected chi connectivity index (χ1v) is 10.2. The fraction of sp³-hybridized carbons (Fsp3) is 0.435. The van der Waals surface area contributed by atoms with E-state index in [4.69, 9.17) is 9.47 Å². The topological polar surface area (TPSA) is 49.3 Å². The van der Waals surface area contributed by atoms with Crippen molar-refractivity contribution in [2.75, 3.05) is 54.1 Å². The van der Waals surface area contributed by atoms with Crippen molar-refractivity contribution in [2.45, 2.75) is 12.6 Å². The summed E-state index contributed by atoms with van der Waals surface area (Å²) in [6.07, 6.45) is 0. The molecule has 2 aromatic rings. The summed E-state index contributed by atoms with van der Waals surface area (Å²) in [5.41, 5.74) is 2.17. The van der Waals surface area contributed by atoms with Gasteiger partial charge in [0.2, 0.25) is 0 Å². The van der Waals surface area contributed by atoms with Crippen molar-refractivity contribution in [1.82, 2.24) is 15.1 Å². The summed E-state index contributed by atoms with van der Waals surface area (Å²) < 4.78 is 24.4. The maximum Gasteiger partial charge on any atom is 0.193 e. The molecule has 7 heteroatoms. The van der Waals surface area contributed by atoms with E-state index in [1.54, 1.807) is 14.2 Å². The number of hydrogen-bond donors (Lipinski definition) is 1. The summed E-state index contributed by atoms with van der Waals surface area (Å²) in [6.45, 7) is 4.44. The summed E-state index contributed by atoms with van der Waals surface area (Å²) in [5.74, 6) is 1.43. The minimum atomic E-state index is -0.222. The van der Waals surface area contributed by atoms with E-state index in [0.717, 1.165) is 35.9 Å². The highest BCUT2D eigenvalue weighted by molar-refractivity contribution is 5.79. The molecule has 0 bridgehead atoms. The van der Waals surface area contributed by atoms with Crippen molar-refractivity contribution in [3.05, 3.63) is 65.5 Å². The van der Waals surface area contributed by atoms with E-state index in [2.05, 4.69) is 26.2 Å². The zero-order chi connectivity index (χ0) is 21.3. The van der Waals surface area contributed by atoms with Crippen LogP contribution in [0.25, 0.3) is 0 Å². The summed E-state index contributed by atoms with van der Waals surface area (Å²) in [4.78, 5) is 8.89. The van der Waals surface area contributed by atoms with Crippen LogP contribution in [0.1, 0.15) is 17.2 Å². The van der Waals surface area contributed by atoms with E-state index in [1.165, 1.54) is 12.1 Å². The number of nitrogens with one attached hydrogen (secondary N) is 1. The van der Waals surface area contributed by atoms with E-state index >= 15 is 0 Å². The molecule has 1 heterocycles. The van der Waals surface area contributed by atoms with Crippen molar-refractivity contribution < 1.29 is 13.9 Å². The zero-order valence-electron chi connectivity index (χ0n) is 18.0.